The highest BCUT2D eigenvalue weighted by Gasteiger charge is 2.32. The molecule has 1 N–H and O–H groups in total. The van der Waals surface area contributed by atoms with Gasteiger partial charge in [0.2, 0.25) is 5.91 Å². The molecule has 23 heavy (non-hydrogen) atoms. The predicted octanol–water partition coefficient (Wildman–Crippen LogP) is 2.16. The molecule has 3 rings (SSSR count). The number of nitrogens with zero attached hydrogens (tertiary/aromatic N) is 3. The molecule has 0 aromatic carbocycles. The van der Waals surface area contributed by atoms with Crippen LogP contribution in [0.15, 0.2) is 24.4 Å². The lowest BCUT2D eigenvalue weighted by atomic mass is 10.2. The number of amides is 2. The number of fused-ring (bicyclic) bond motifs is 1. The first-order valence-corrected chi connectivity index (χ1v) is 8.16. The maximum Gasteiger partial charge on any atom is 0.272 e. The molecule has 2 aromatic rings. The van der Waals surface area contributed by atoms with Gasteiger partial charge in [0, 0.05) is 26.2 Å². The minimum absolute atomic E-state index is 0.0529. The Morgan fingerprint density at radius 3 is 2.96 bits per heavy atom. The van der Waals surface area contributed by atoms with Crippen molar-refractivity contribution < 1.29 is 9.59 Å². The van der Waals surface area contributed by atoms with Crippen LogP contribution in [-0.4, -0.2) is 39.2 Å². The normalized spacial score (nSPS) is 17.7. The molecule has 6 heteroatoms. The summed E-state index contributed by atoms with van der Waals surface area (Å²) < 4.78 is 1.94. The maximum atomic E-state index is 12.4. The van der Waals surface area contributed by atoms with Crippen LogP contribution in [0.2, 0.25) is 0 Å². The fourth-order valence-electron chi connectivity index (χ4n) is 3.20. The van der Waals surface area contributed by atoms with Crippen molar-refractivity contribution in [1.82, 2.24) is 19.6 Å². The van der Waals surface area contributed by atoms with Gasteiger partial charge in [-0.3, -0.25) is 9.59 Å². The van der Waals surface area contributed by atoms with Crippen molar-refractivity contribution in [3.63, 3.8) is 0 Å². The van der Waals surface area contributed by atoms with E-state index in [0.717, 1.165) is 37.1 Å². The second-order valence-electron chi connectivity index (χ2n) is 5.90. The zero-order valence-electron chi connectivity index (χ0n) is 13.6. The number of carbonyl (C=O) groups is 2. The fourth-order valence-corrected chi connectivity index (χ4v) is 3.20. The Labute approximate surface area is 135 Å². The summed E-state index contributed by atoms with van der Waals surface area (Å²) >= 11 is 0. The number of likely N-dealkylation sites (tertiary alicyclic amines) is 1. The summed E-state index contributed by atoms with van der Waals surface area (Å²) in [6, 6.07) is 5.65. The van der Waals surface area contributed by atoms with Crippen molar-refractivity contribution in [3.8, 4) is 0 Å². The van der Waals surface area contributed by atoms with Gasteiger partial charge in [-0.15, -0.1) is 0 Å². The second-order valence-corrected chi connectivity index (χ2v) is 5.90. The van der Waals surface area contributed by atoms with E-state index in [1.165, 1.54) is 0 Å². The van der Waals surface area contributed by atoms with Gasteiger partial charge >= 0.3 is 0 Å². The van der Waals surface area contributed by atoms with Crippen molar-refractivity contribution >= 4 is 17.3 Å². The molecule has 2 amide bonds. The first-order valence-electron chi connectivity index (χ1n) is 8.16. The number of nitrogens with one attached hydrogen (secondary N) is 1. The molecule has 1 fully saturated rings. The number of hydrogen-bond acceptors (Lipinski definition) is 3. The van der Waals surface area contributed by atoms with Crippen molar-refractivity contribution in [2.45, 2.75) is 39.2 Å². The van der Waals surface area contributed by atoms with Crippen molar-refractivity contribution in [1.29, 1.82) is 0 Å². The summed E-state index contributed by atoms with van der Waals surface area (Å²) in [5, 5.41) is 2.88. The van der Waals surface area contributed by atoms with E-state index < -0.39 is 0 Å². The molecule has 1 atom stereocenters. The van der Waals surface area contributed by atoms with Crippen molar-refractivity contribution in [2.24, 2.45) is 0 Å². The third kappa shape index (κ3) is 2.81. The molecule has 1 aliphatic heterocycles. The smallest absolute Gasteiger partial charge is 0.272 e. The molecule has 0 aliphatic carbocycles. The average Bonchev–Trinajstić information content (AvgIpc) is 3.16. The number of pyridine rings is 1. The molecule has 1 unspecified atom stereocenters. The molecule has 0 saturated carbocycles. The summed E-state index contributed by atoms with van der Waals surface area (Å²) in [5.41, 5.74) is 1.22. The lowest BCUT2D eigenvalue weighted by molar-refractivity contribution is -0.129. The monoisotopic (exact) mass is 314 g/mol. The highest BCUT2D eigenvalue weighted by molar-refractivity contribution is 5.99. The van der Waals surface area contributed by atoms with Gasteiger partial charge in [-0.05, 0) is 31.4 Å². The van der Waals surface area contributed by atoms with Gasteiger partial charge in [0.25, 0.3) is 5.91 Å². The van der Waals surface area contributed by atoms with E-state index in [9.17, 15) is 9.59 Å². The SMILES string of the molecule is CCCNC(=O)c1nc(C2CCCN2C(C)=O)n2ccccc12. The van der Waals surface area contributed by atoms with Crippen LogP contribution in [0.1, 0.15) is 55.5 Å². The minimum atomic E-state index is -0.158. The standard InChI is InChI=1S/C17H22N4O2/c1-3-9-18-17(23)15-13-7-4-5-10-21(13)16(19-15)14-8-6-11-20(14)12(2)22/h4-5,7,10,14H,3,6,8-9,11H2,1-2H3,(H,18,23). The van der Waals surface area contributed by atoms with Crippen molar-refractivity contribution in [3.05, 3.63) is 35.9 Å². The van der Waals surface area contributed by atoms with Gasteiger partial charge in [0.15, 0.2) is 5.69 Å². The lowest BCUT2D eigenvalue weighted by Gasteiger charge is -2.22. The molecular weight excluding hydrogens is 292 g/mol. The Morgan fingerprint density at radius 1 is 1.39 bits per heavy atom. The first kappa shape index (κ1) is 15.5. The Kier molecular flexibility index (Phi) is 4.32. The summed E-state index contributed by atoms with van der Waals surface area (Å²) in [6.45, 7) is 4.98. The van der Waals surface area contributed by atoms with Gasteiger partial charge in [0.05, 0.1) is 11.6 Å². The van der Waals surface area contributed by atoms with Crippen LogP contribution in [0.25, 0.3) is 5.52 Å². The van der Waals surface area contributed by atoms with Crippen LogP contribution in [0.3, 0.4) is 0 Å². The van der Waals surface area contributed by atoms with Gasteiger partial charge in [-0.2, -0.15) is 0 Å². The maximum absolute atomic E-state index is 12.4. The quantitative estimate of drug-likeness (QED) is 0.940. The third-order valence-electron chi connectivity index (χ3n) is 4.28. The van der Waals surface area contributed by atoms with E-state index in [4.69, 9.17) is 0 Å². The minimum Gasteiger partial charge on any atom is -0.351 e. The fraction of sp³-hybridized carbons (Fsp3) is 0.471. The molecule has 2 aromatic heterocycles. The van der Waals surface area contributed by atoms with Gasteiger partial charge in [0.1, 0.15) is 5.82 Å². The Balaban J connectivity index is 2.04. The highest BCUT2D eigenvalue weighted by atomic mass is 16.2. The Bertz CT molecular complexity index is 737. The van der Waals surface area contributed by atoms with Crippen LogP contribution in [-0.2, 0) is 4.79 Å². The topological polar surface area (TPSA) is 66.7 Å². The van der Waals surface area contributed by atoms with E-state index in [2.05, 4.69) is 10.3 Å². The number of imidazole rings is 1. The van der Waals surface area contributed by atoms with E-state index >= 15 is 0 Å². The van der Waals surface area contributed by atoms with Crippen molar-refractivity contribution in [2.75, 3.05) is 13.1 Å². The van der Waals surface area contributed by atoms with Crippen LogP contribution in [0.5, 0.6) is 0 Å². The van der Waals surface area contributed by atoms with E-state index in [-0.39, 0.29) is 17.9 Å². The molecule has 1 saturated heterocycles. The molecule has 3 heterocycles. The zero-order valence-corrected chi connectivity index (χ0v) is 13.6. The number of aromatic nitrogens is 2. The predicted molar refractivity (Wildman–Crippen MR) is 87.2 cm³/mol. The molecule has 0 spiro atoms. The van der Waals surface area contributed by atoms with Crippen LogP contribution in [0, 0.1) is 0 Å². The zero-order chi connectivity index (χ0) is 16.4. The third-order valence-corrected chi connectivity index (χ3v) is 4.28. The Hall–Kier alpha value is -2.37. The number of carbonyl (C=O) groups excluding carboxylic acids is 2. The van der Waals surface area contributed by atoms with E-state index in [0.29, 0.717) is 12.2 Å². The molecule has 1 aliphatic rings. The van der Waals surface area contributed by atoms with E-state index in [1.807, 2.05) is 40.6 Å². The highest BCUT2D eigenvalue weighted by Crippen LogP contribution is 2.32. The summed E-state index contributed by atoms with van der Waals surface area (Å²) in [6.07, 6.45) is 4.63. The molecule has 0 bridgehead atoms. The van der Waals surface area contributed by atoms with Crippen LogP contribution in [0.4, 0.5) is 0 Å². The number of hydrogen-bond donors (Lipinski definition) is 1. The summed E-state index contributed by atoms with van der Waals surface area (Å²) in [4.78, 5) is 30.7. The van der Waals surface area contributed by atoms with Crippen LogP contribution >= 0.6 is 0 Å². The average molecular weight is 314 g/mol. The molecule has 6 nitrogen and oxygen atoms in total. The molecule has 122 valence electrons. The van der Waals surface area contributed by atoms with Gasteiger partial charge in [-0.1, -0.05) is 13.0 Å². The molecular formula is C17H22N4O2. The van der Waals surface area contributed by atoms with E-state index in [1.54, 1.807) is 6.92 Å². The van der Waals surface area contributed by atoms with Gasteiger partial charge < -0.3 is 14.6 Å². The summed E-state index contributed by atoms with van der Waals surface area (Å²) in [7, 11) is 0. The lowest BCUT2D eigenvalue weighted by Crippen LogP contribution is -2.29. The largest absolute Gasteiger partial charge is 0.351 e. The molecule has 0 radical (unpaired) electrons. The Morgan fingerprint density at radius 2 is 2.22 bits per heavy atom. The van der Waals surface area contributed by atoms with Crippen LogP contribution < -0.4 is 5.32 Å². The first-order chi connectivity index (χ1) is 11.1. The summed E-state index contributed by atoms with van der Waals surface area (Å²) in [5.74, 6) is 0.668. The number of rotatable bonds is 4. The second kappa shape index (κ2) is 6.40. The van der Waals surface area contributed by atoms with Gasteiger partial charge in [-0.25, -0.2) is 4.98 Å².